The number of hydrogen-bond acceptors (Lipinski definition) is 4. The molecule has 118 valence electrons. The van der Waals surface area contributed by atoms with Crippen LogP contribution in [0.25, 0.3) is 11.3 Å². The summed E-state index contributed by atoms with van der Waals surface area (Å²) in [4.78, 5) is 16.1. The number of imidazole rings is 1. The van der Waals surface area contributed by atoms with E-state index in [-0.39, 0.29) is 5.95 Å². The van der Waals surface area contributed by atoms with Crippen molar-refractivity contribution >= 4 is 22.3 Å². The Bertz CT molecular complexity index is 784. The molecular weight excluding hydrogens is 308 g/mol. The molecule has 0 aliphatic heterocycles. The van der Waals surface area contributed by atoms with E-state index in [4.69, 9.17) is 5.11 Å². The molecule has 1 N–H and O–H groups in total. The van der Waals surface area contributed by atoms with Crippen molar-refractivity contribution in [1.82, 2.24) is 13.3 Å². The second-order valence-electron chi connectivity index (χ2n) is 4.72. The summed E-state index contributed by atoms with van der Waals surface area (Å²) in [5.41, 5.74) is 1.06. The van der Waals surface area contributed by atoms with E-state index in [0.29, 0.717) is 11.3 Å². The minimum Gasteiger partial charge on any atom is -0.465 e. The summed E-state index contributed by atoms with van der Waals surface area (Å²) in [6.07, 6.45) is -0.000169. The van der Waals surface area contributed by atoms with E-state index in [1.807, 2.05) is 6.07 Å². The van der Waals surface area contributed by atoms with E-state index < -0.39 is 16.3 Å². The second-order valence-corrected chi connectivity index (χ2v) is 6.74. The maximum atomic E-state index is 12.4. The molecule has 22 heavy (non-hydrogen) atoms. The van der Waals surface area contributed by atoms with Gasteiger partial charge in [-0.2, -0.15) is 16.7 Å². The van der Waals surface area contributed by atoms with Crippen LogP contribution < -0.4 is 4.90 Å². The zero-order chi connectivity index (χ0) is 16.5. The first kappa shape index (κ1) is 16.0. The van der Waals surface area contributed by atoms with Crippen molar-refractivity contribution in [2.24, 2.45) is 0 Å². The number of amides is 1. The first-order chi connectivity index (χ1) is 10.2. The van der Waals surface area contributed by atoms with Crippen molar-refractivity contribution in [3.63, 3.8) is 0 Å². The van der Waals surface area contributed by atoms with Crippen LogP contribution in [0, 0.1) is 0 Å². The van der Waals surface area contributed by atoms with Crippen LogP contribution in [0.3, 0.4) is 0 Å². The number of benzene rings is 1. The molecule has 1 aromatic carbocycles. The fraction of sp³-hybridized carbons (Fsp3) is 0.231. The predicted octanol–water partition coefficient (Wildman–Crippen LogP) is 1.32. The summed E-state index contributed by atoms with van der Waals surface area (Å²) in [7, 11) is 0.0728. The van der Waals surface area contributed by atoms with Crippen LogP contribution in [0.5, 0.6) is 0 Å². The summed E-state index contributed by atoms with van der Waals surface area (Å²) in [6, 6.07) is 8.92. The van der Waals surface area contributed by atoms with Crippen LogP contribution in [0.2, 0.25) is 0 Å². The van der Waals surface area contributed by atoms with Crippen LogP contribution >= 0.6 is 0 Å². The Labute approximate surface area is 128 Å². The Kier molecular flexibility index (Phi) is 4.20. The summed E-state index contributed by atoms with van der Waals surface area (Å²) in [5.74, 6) is -0.194. The van der Waals surface area contributed by atoms with Gasteiger partial charge in [0.1, 0.15) is 0 Å². The lowest BCUT2D eigenvalue weighted by Crippen LogP contribution is -2.33. The van der Waals surface area contributed by atoms with Gasteiger partial charge in [0.25, 0.3) is 0 Å². The van der Waals surface area contributed by atoms with Crippen molar-refractivity contribution in [3.8, 4) is 11.3 Å². The Morgan fingerprint density at radius 2 is 1.77 bits per heavy atom. The molecule has 0 radical (unpaired) electrons. The molecule has 0 saturated heterocycles. The molecule has 8 nitrogen and oxygen atoms in total. The molecular formula is C13H16N4O4S. The van der Waals surface area contributed by atoms with E-state index in [9.17, 15) is 13.2 Å². The largest absolute Gasteiger partial charge is 0.465 e. The number of aromatic nitrogens is 2. The Balaban J connectivity index is 2.66. The number of carbonyl (C=O) groups is 1. The highest BCUT2D eigenvalue weighted by atomic mass is 32.2. The molecule has 0 saturated carbocycles. The van der Waals surface area contributed by atoms with Gasteiger partial charge < -0.3 is 5.11 Å². The highest BCUT2D eigenvalue weighted by Gasteiger charge is 2.26. The number of hydrogen-bond donors (Lipinski definition) is 1. The number of carboxylic acid groups (broad SMARTS) is 1. The molecule has 1 aromatic heterocycles. The van der Waals surface area contributed by atoms with Crippen LogP contribution in [0.1, 0.15) is 0 Å². The molecule has 9 heteroatoms. The molecule has 0 atom stereocenters. The van der Waals surface area contributed by atoms with Crippen molar-refractivity contribution in [1.29, 1.82) is 0 Å². The molecule has 0 aliphatic rings. The third-order valence-corrected chi connectivity index (χ3v) is 4.71. The topological polar surface area (TPSA) is 95.7 Å². The molecule has 0 fully saturated rings. The van der Waals surface area contributed by atoms with Gasteiger partial charge in [0.2, 0.25) is 5.95 Å². The van der Waals surface area contributed by atoms with Crippen LogP contribution in [-0.2, 0) is 10.2 Å². The van der Waals surface area contributed by atoms with E-state index in [0.717, 1.165) is 13.2 Å². The lowest BCUT2D eigenvalue weighted by Gasteiger charge is -2.17. The zero-order valence-electron chi connectivity index (χ0n) is 12.3. The van der Waals surface area contributed by atoms with Gasteiger partial charge >= 0.3 is 16.3 Å². The highest BCUT2D eigenvalue weighted by Crippen LogP contribution is 2.24. The summed E-state index contributed by atoms with van der Waals surface area (Å²) in [5, 5.41) is 9.11. The molecule has 2 rings (SSSR count). The Morgan fingerprint density at radius 3 is 2.27 bits per heavy atom. The first-order valence-corrected chi connectivity index (χ1v) is 7.69. The average molecular weight is 324 g/mol. The fourth-order valence-corrected chi connectivity index (χ4v) is 2.71. The quantitative estimate of drug-likeness (QED) is 0.915. The van der Waals surface area contributed by atoms with Crippen molar-refractivity contribution < 1.29 is 18.3 Å². The molecule has 0 aliphatic carbocycles. The maximum absolute atomic E-state index is 12.4. The summed E-state index contributed by atoms with van der Waals surface area (Å²) >= 11 is 0. The summed E-state index contributed by atoms with van der Waals surface area (Å²) in [6.45, 7) is 0. The van der Waals surface area contributed by atoms with E-state index in [1.54, 1.807) is 24.3 Å². The van der Waals surface area contributed by atoms with E-state index >= 15 is 0 Å². The van der Waals surface area contributed by atoms with Crippen molar-refractivity contribution in [2.75, 3.05) is 26.0 Å². The average Bonchev–Trinajstić information content (AvgIpc) is 2.92. The number of anilines is 1. The van der Waals surface area contributed by atoms with Gasteiger partial charge in [-0.25, -0.2) is 14.7 Å². The highest BCUT2D eigenvalue weighted by molar-refractivity contribution is 7.87. The molecule has 2 aromatic rings. The lowest BCUT2D eigenvalue weighted by atomic mass is 10.2. The lowest BCUT2D eigenvalue weighted by molar-refractivity contribution is 0.203. The third-order valence-electron chi connectivity index (χ3n) is 3.02. The normalized spacial score (nSPS) is 11.6. The number of nitrogens with zero attached hydrogens (tertiary/aromatic N) is 4. The molecule has 1 heterocycles. The van der Waals surface area contributed by atoms with E-state index in [1.165, 1.54) is 27.3 Å². The zero-order valence-corrected chi connectivity index (χ0v) is 13.1. The van der Waals surface area contributed by atoms with Gasteiger partial charge in [-0.15, -0.1) is 0 Å². The van der Waals surface area contributed by atoms with Crippen LogP contribution in [-0.4, -0.2) is 54.0 Å². The predicted molar refractivity (Wildman–Crippen MR) is 82.1 cm³/mol. The second kappa shape index (κ2) is 5.78. The monoisotopic (exact) mass is 324 g/mol. The van der Waals surface area contributed by atoms with Crippen LogP contribution in [0.4, 0.5) is 10.7 Å². The van der Waals surface area contributed by atoms with E-state index in [2.05, 4.69) is 4.98 Å². The molecule has 0 unspecified atom stereocenters. The Morgan fingerprint density at radius 1 is 1.18 bits per heavy atom. The molecule has 0 bridgehead atoms. The summed E-state index contributed by atoms with van der Waals surface area (Å²) < 4.78 is 26.5. The van der Waals surface area contributed by atoms with Gasteiger partial charge in [0.05, 0.1) is 11.9 Å². The van der Waals surface area contributed by atoms with Crippen molar-refractivity contribution in [3.05, 3.63) is 36.5 Å². The first-order valence-electron chi connectivity index (χ1n) is 6.29. The minimum absolute atomic E-state index is 0.194. The van der Waals surface area contributed by atoms with Gasteiger partial charge in [0.15, 0.2) is 0 Å². The minimum atomic E-state index is -3.89. The SMILES string of the molecule is CN(C(=O)O)c1nc(-c2ccccc2)cn1S(=O)(=O)N(C)C. The van der Waals surface area contributed by atoms with Gasteiger partial charge in [-0.1, -0.05) is 30.3 Å². The molecule has 0 spiro atoms. The fourth-order valence-electron chi connectivity index (χ4n) is 1.76. The van der Waals surface area contributed by atoms with Gasteiger partial charge in [0, 0.05) is 26.7 Å². The van der Waals surface area contributed by atoms with Crippen molar-refractivity contribution in [2.45, 2.75) is 0 Å². The maximum Gasteiger partial charge on any atom is 0.413 e. The third kappa shape index (κ3) is 2.81. The Hall–Kier alpha value is -2.39. The standard InChI is InChI=1S/C13H16N4O4S/c1-15(2)22(20,21)17-9-11(10-7-5-4-6-8-10)14-12(17)16(3)13(18)19/h4-9H,1-3H3,(H,18,19). The van der Waals surface area contributed by atoms with Gasteiger partial charge in [-0.3, -0.25) is 0 Å². The van der Waals surface area contributed by atoms with Crippen LogP contribution in [0.15, 0.2) is 36.5 Å². The van der Waals surface area contributed by atoms with Gasteiger partial charge in [-0.05, 0) is 0 Å². The number of rotatable bonds is 4. The smallest absolute Gasteiger partial charge is 0.413 e. The molecule has 1 amide bonds.